The van der Waals surface area contributed by atoms with Crippen molar-refractivity contribution in [3.63, 3.8) is 0 Å². The minimum Gasteiger partial charge on any atom is -0.368 e. The lowest BCUT2D eigenvalue weighted by atomic mass is 10.2. The zero-order valence-electron chi connectivity index (χ0n) is 9.46. The van der Waals surface area contributed by atoms with E-state index in [-0.39, 0.29) is 12.4 Å². The summed E-state index contributed by atoms with van der Waals surface area (Å²) in [6.07, 6.45) is 3.61. The number of nitrogen functional groups attached to an aromatic ring is 1. The van der Waals surface area contributed by atoms with Crippen LogP contribution in [0.15, 0.2) is 12.4 Å². The predicted molar refractivity (Wildman–Crippen MR) is 66.5 cm³/mol. The number of piperazine rings is 1. The SMILES string of the molecule is CN1CCN(Cc2cnc(N)nc2)CC1.Cl. The second-order valence-corrected chi connectivity index (χ2v) is 4.03. The molecule has 1 aromatic rings. The average Bonchev–Trinajstić information content (AvgIpc) is 2.25. The van der Waals surface area contributed by atoms with E-state index in [9.17, 15) is 0 Å². The van der Waals surface area contributed by atoms with Gasteiger partial charge in [0.25, 0.3) is 0 Å². The van der Waals surface area contributed by atoms with Gasteiger partial charge < -0.3 is 10.6 Å². The summed E-state index contributed by atoms with van der Waals surface area (Å²) in [4.78, 5) is 12.7. The van der Waals surface area contributed by atoms with Gasteiger partial charge in [0, 0.05) is 50.7 Å². The topological polar surface area (TPSA) is 58.3 Å². The Hall–Kier alpha value is -0.910. The molecule has 0 spiro atoms. The third-order valence-corrected chi connectivity index (χ3v) is 2.73. The Kier molecular flexibility index (Phi) is 4.92. The summed E-state index contributed by atoms with van der Waals surface area (Å²) >= 11 is 0. The first kappa shape index (κ1) is 13.2. The summed E-state index contributed by atoms with van der Waals surface area (Å²) in [6.45, 7) is 5.42. The van der Waals surface area contributed by atoms with Crippen molar-refractivity contribution >= 4 is 18.4 Å². The third kappa shape index (κ3) is 3.59. The molecule has 2 heterocycles. The molecule has 6 heteroatoms. The quantitative estimate of drug-likeness (QED) is 0.806. The van der Waals surface area contributed by atoms with Gasteiger partial charge in [0.2, 0.25) is 5.95 Å². The summed E-state index contributed by atoms with van der Waals surface area (Å²) in [5.41, 5.74) is 6.57. The first-order chi connectivity index (χ1) is 7.24. The van der Waals surface area contributed by atoms with Gasteiger partial charge in [0.1, 0.15) is 0 Å². The highest BCUT2D eigenvalue weighted by atomic mass is 35.5. The molecule has 1 fully saturated rings. The van der Waals surface area contributed by atoms with Crippen LogP contribution in [0.4, 0.5) is 5.95 Å². The molecule has 1 aliphatic heterocycles. The van der Waals surface area contributed by atoms with Crippen LogP contribution in [-0.4, -0.2) is 53.0 Å². The number of hydrogen-bond donors (Lipinski definition) is 1. The molecule has 1 aromatic heterocycles. The molecule has 0 unspecified atom stereocenters. The van der Waals surface area contributed by atoms with Crippen molar-refractivity contribution in [1.29, 1.82) is 0 Å². The van der Waals surface area contributed by atoms with Gasteiger partial charge in [-0.3, -0.25) is 4.90 Å². The first-order valence-electron chi connectivity index (χ1n) is 5.21. The molecule has 0 aliphatic carbocycles. The molecule has 0 radical (unpaired) electrons. The number of anilines is 1. The van der Waals surface area contributed by atoms with E-state index in [4.69, 9.17) is 5.73 Å². The lowest BCUT2D eigenvalue weighted by Gasteiger charge is -2.32. The van der Waals surface area contributed by atoms with Crippen LogP contribution in [0, 0.1) is 0 Å². The van der Waals surface area contributed by atoms with Crippen molar-refractivity contribution in [3.8, 4) is 0 Å². The minimum absolute atomic E-state index is 0. The van der Waals surface area contributed by atoms with Gasteiger partial charge in [-0.15, -0.1) is 12.4 Å². The zero-order valence-corrected chi connectivity index (χ0v) is 10.3. The van der Waals surface area contributed by atoms with E-state index in [1.54, 1.807) is 12.4 Å². The maximum absolute atomic E-state index is 5.44. The predicted octanol–water partition coefficient (Wildman–Crippen LogP) is 0.228. The fraction of sp³-hybridized carbons (Fsp3) is 0.600. The van der Waals surface area contributed by atoms with E-state index in [0.29, 0.717) is 5.95 Å². The van der Waals surface area contributed by atoms with Crippen molar-refractivity contribution in [3.05, 3.63) is 18.0 Å². The fourth-order valence-electron chi connectivity index (χ4n) is 1.71. The summed E-state index contributed by atoms with van der Waals surface area (Å²) in [6, 6.07) is 0. The molecule has 5 nitrogen and oxygen atoms in total. The lowest BCUT2D eigenvalue weighted by Crippen LogP contribution is -2.43. The summed E-state index contributed by atoms with van der Waals surface area (Å²) in [5.74, 6) is 0.345. The molecule has 2 N–H and O–H groups in total. The highest BCUT2D eigenvalue weighted by molar-refractivity contribution is 5.85. The third-order valence-electron chi connectivity index (χ3n) is 2.73. The number of rotatable bonds is 2. The molecular weight excluding hydrogens is 226 g/mol. The molecule has 0 bridgehead atoms. The normalized spacial score (nSPS) is 18.1. The Morgan fingerprint density at radius 2 is 1.75 bits per heavy atom. The van der Waals surface area contributed by atoms with Crippen molar-refractivity contribution in [2.45, 2.75) is 6.54 Å². The Bertz CT molecular complexity index is 307. The van der Waals surface area contributed by atoms with Gasteiger partial charge in [0.15, 0.2) is 0 Å². The summed E-state index contributed by atoms with van der Waals surface area (Å²) in [5, 5.41) is 0. The van der Waals surface area contributed by atoms with E-state index in [1.807, 2.05) is 0 Å². The Balaban J connectivity index is 0.00000128. The van der Waals surface area contributed by atoms with Gasteiger partial charge in [-0.05, 0) is 7.05 Å². The second-order valence-electron chi connectivity index (χ2n) is 4.03. The number of halogens is 1. The molecule has 0 saturated carbocycles. The van der Waals surface area contributed by atoms with E-state index in [0.717, 1.165) is 38.3 Å². The van der Waals surface area contributed by atoms with Crippen LogP contribution < -0.4 is 5.73 Å². The van der Waals surface area contributed by atoms with E-state index in [1.165, 1.54) is 0 Å². The van der Waals surface area contributed by atoms with Crippen molar-refractivity contribution in [2.24, 2.45) is 0 Å². The lowest BCUT2D eigenvalue weighted by molar-refractivity contribution is 0.148. The van der Waals surface area contributed by atoms with Crippen LogP contribution in [0.1, 0.15) is 5.56 Å². The number of nitrogens with two attached hydrogens (primary N) is 1. The second kappa shape index (κ2) is 5.98. The van der Waals surface area contributed by atoms with Crippen LogP contribution >= 0.6 is 12.4 Å². The van der Waals surface area contributed by atoms with Gasteiger partial charge >= 0.3 is 0 Å². The molecule has 16 heavy (non-hydrogen) atoms. The number of hydrogen-bond acceptors (Lipinski definition) is 5. The summed E-state index contributed by atoms with van der Waals surface area (Å²) in [7, 11) is 2.16. The van der Waals surface area contributed by atoms with Crippen LogP contribution in [0.2, 0.25) is 0 Å². The number of aromatic nitrogens is 2. The molecule has 0 aromatic carbocycles. The Labute approximate surface area is 102 Å². The van der Waals surface area contributed by atoms with Crippen LogP contribution in [0.3, 0.4) is 0 Å². The van der Waals surface area contributed by atoms with Crippen molar-refractivity contribution < 1.29 is 0 Å². The molecule has 1 aliphatic rings. The van der Waals surface area contributed by atoms with E-state index < -0.39 is 0 Å². The van der Waals surface area contributed by atoms with E-state index >= 15 is 0 Å². The monoisotopic (exact) mass is 243 g/mol. The number of nitrogens with zero attached hydrogens (tertiary/aromatic N) is 4. The van der Waals surface area contributed by atoms with Crippen LogP contribution in [0.25, 0.3) is 0 Å². The Morgan fingerprint density at radius 1 is 1.19 bits per heavy atom. The molecule has 2 rings (SSSR count). The molecule has 1 saturated heterocycles. The largest absolute Gasteiger partial charge is 0.368 e. The van der Waals surface area contributed by atoms with Gasteiger partial charge in [0.05, 0.1) is 0 Å². The van der Waals surface area contributed by atoms with Gasteiger partial charge in [-0.1, -0.05) is 0 Å². The average molecular weight is 244 g/mol. The Morgan fingerprint density at radius 3 is 2.31 bits per heavy atom. The highest BCUT2D eigenvalue weighted by Crippen LogP contribution is 2.06. The standard InChI is InChI=1S/C10H17N5.ClH/c1-14-2-4-15(5-3-14)8-9-6-12-10(11)13-7-9;/h6-7H,2-5,8H2,1H3,(H2,11,12,13);1H. The van der Waals surface area contributed by atoms with Gasteiger partial charge in [-0.25, -0.2) is 9.97 Å². The number of likely N-dealkylation sites (N-methyl/N-ethyl adjacent to an activating group) is 1. The maximum Gasteiger partial charge on any atom is 0.219 e. The van der Waals surface area contributed by atoms with Crippen molar-refractivity contribution in [2.75, 3.05) is 39.0 Å². The molecular formula is C10H18ClN5. The van der Waals surface area contributed by atoms with Gasteiger partial charge in [-0.2, -0.15) is 0 Å². The smallest absolute Gasteiger partial charge is 0.219 e. The molecule has 0 amide bonds. The molecule has 90 valence electrons. The van der Waals surface area contributed by atoms with Crippen LogP contribution in [-0.2, 0) is 6.54 Å². The minimum atomic E-state index is 0. The van der Waals surface area contributed by atoms with Crippen molar-refractivity contribution in [1.82, 2.24) is 19.8 Å². The van der Waals surface area contributed by atoms with E-state index in [2.05, 4.69) is 26.8 Å². The highest BCUT2D eigenvalue weighted by Gasteiger charge is 2.13. The summed E-state index contributed by atoms with van der Waals surface area (Å²) < 4.78 is 0. The molecule has 0 atom stereocenters. The fourth-order valence-corrected chi connectivity index (χ4v) is 1.71. The first-order valence-corrected chi connectivity index (χ1v) is 5.21. The zero-order chi connectivity index (χ0) is 10.7. The maximum atomic E-state index is 5.44. The van der Waals surface area contributed by atoms with Crippen LogP contribution in [0.5, 0.6) is 0 Å².